The van der Waals surface area contributed by atoms with E-state index in [4.69, 9.17) is 5.26 Å². The highest BCUT2D eigenvalue weighted by Gasteiger charge is 2.11. The Kier molecular flexibility index (Phi) is 4.52. The predicted molar refractivity (Wildman–Crippen MR) is 64.4 cm³/mol. The van der Waals surface area contributed by atoms with Crippen molar-refractivity contribution < 1.29 is 4.79 Å². The lowest BCUT2D eigenvalue weighted by Gasteiger charge is -2.07. The number of rotatable bonds is 5. The van der Waals surface area contributed by atoms with Gasteiger partial charge in [-0.1, -0.05) is 13.8 Å². The number of nitrogens with one attached hydrogen (secondary N) is 2. The summed E-state index contributed by atoms with van der Waals surface area (Å²) in [5.74, 6) is 0.0889. The Bertz CT molecular complexity index is 430. The number of anilines is 1. The number of nitriles is 1. The van der Waals surface area contributed by atoms with Crippen LogP contribution in [-0.4, -0.2) is 28.8 Å². The first-order chi connectivity index (χ1) is 8.04. The van der Waals surface area contributed by atoms with Gasteiger partial charge in [-0.15, -0.1) is 0 Å². The summed E-state index contributed by atoms with van der Waals surface area (Å²) in [4.78, 5) is 11.3. The van der Waals surface area contributed by atoms with E-state index in [1.54, 1.807) is 4.68 Å². The second kappa shape index (κ2) is 5.89. The maximum absolute atomic E-state index is 11.3. The van der Waals surface area contributed by atoms with Crippen molar-refractivity contribution in [2.75, 3.05) is 18.4 Å². The van der Waals surface area contributed by atoms with E-state index in [2.05, 4.69) is 15.7 Å². The summed E-state index contributed by atoms with van der Waals surface area (Å²) in [7, 11) is 1.84. The lowest BCUT2D eigenvalue weighted by Crippen LogP contribution is -2.30. The Labute approximate surface area is 101 Å². The summed E-state index contributed by atoms with van der Waals surface area (Å²) in [6.45, 7) is 4.27. The van der Waals surface area contributed by atoms with Crippen molar-refractivity contribution in [2.45, 2.75) is 19.8 Å². The second-order valence-electron chi connectivity index (χ2n) is 4.04. The minimum atomic E-state index is -0.204. The fraction of sp³-hybridized carbons (Fsp3) is 0.545. The molecule has 0 unspecified atom stereocenters. The van der Waals surface area contributed by atoms with Gasteiger partial charge in [0.2, 0.25) is 5.91 Å². The molecule has 1 rings (SSSR count). The van der Waals surface area contributed by atoms with E-state index in [1.807, 2.05) is 33.2 Å². The number of aryl methyl sites for hydroxylation is 1. The number of carbonyl (C=O) groups is 1. The quantitative estimate of drug-likeness (QED) is 0.732. The van der Waals surface area contributed by atoms with Gasteiger partial charge in [0.25, 0.3) is 0 Å². The third-order valence-corrected chi connectivity index (χ3v) is 2.21. The van der Waals surface area contributed by atoms with E-state index in [0.29, 0.717) is 5.92 Å². The third kappa shape index (κ3) is 3.79. The lowest BCUT2D eigenvalue weighted by molar-refractivity contribution is -0.119. The van der Waals surface area contributed by atoms with E-state index >= 15 is 0 Å². The summed E-state index contributed by atoms with van der Waals surface area (Å²) in [6, 6.07) is 1.85. The molecule has 0 saturated heterocycles. The van der Waals surface area contributed by atoms with Crippen LogP contribution in [-0.2, 0) is 11.8 Å². The van der Waals surface area contributed by atoms with Gasteiger partial charge in [0, 0.05) is 13.2 Å². The van der Waals surface area contributed by atoms with E-state index < -0.39 is 0 Å². The molecular formula is C11H17N5O. The van der Waals surface area contributed by atoms with Gasteiger partial charge in [-0.3, -0.25) is 9.48 Å². The van der Waals surface area contributed by atoms with E-state index in [9.17, 15) is 4.79 Å². The first-order valence-electron chi connectivity index (χ1n) is 5.45. The van der Waals surface area contributed by atoms with Crippen LogP contribution in [0.3, 0.4) is 0 Å². The van der Waals surface area contributed by atoms with Crippen molar-refractivity contribution in [3.05, 3.63) is 11.9 Å². The van der Waals surface area contributed by atoms with Crippen molar-refractivity contribution in [3.8, 4) is 6.07 Å². The van der Waals surface area contributed by atoms with Gasteiger partial charge in [-0.2, -0.15) is 10.4 Å². The number of amides is 1. The van der Waals surface area contributed by atoms with Gasteiger partial charge in [-0.05, 0) is 5.92 Å². The molecule has 0 aliphatic carbocycles. The van der Waals surface area contributed by atoms with E-state index in [-0.39, 0.29) is 19.0 Å². The molecule has 1 amide bonds. The van der Waals surface area contributed by atoms with Crippen molar-refractivity contribution in [1.29, 1.82) is 5.26 Å². The van der Waals surface area contributed by atoms with E-state index in [1.165, 1.54) is 0 Å². The molecule has 92 valence electrons. The lowest BCUT2D eigenvalue weighted by atomic mass is 10.1. The summed E-state index contributed by atoms with van der Waals surface area (Å²) in [5.41, 5.74) is 1.79. The molecule has 0 aliphatic heterocycles. The van der Waals surface area contributed by atoms with Crippen LogP contribution in [0, 0.1) is 11.3 Å². The highest BCUT2D eigenvalue weighted by atomic mass is 16.1. The summed E-state index contributed by atoms with van der Waals surface area (Å²) in [5, 5.41) is 18.1. The van der Waals surface area contributed by atoms with Crippen LogP contribution in [0.25, 0.3) is 0 Å². The number of aromatic nitrogens is 2. The molecule has 6 heteroatoms. The summed E-state index contributed by atoms with van der Waals surface area (Å²) >= 11 is 0. The van der Waals surface area contributed by atoms with Crippen LogP contribution in [0.5, 0.6) is 0 Å². The van der Waals surface area contributed by atoms with Crippen molar-refractivity contribution in [1.82, 2.24) is 15.1 Å². The topological polar surface area (TPSA) is 82.7 Å². The molecule has 0 atom stereocenters. The van der Waals surface area contributed by atoms with Crippen LogP contribution in [0.2, 0.25) is 0 Å². The maximum atomic E-state index is 11.3. The van der Waals surface area contributed by atoms with Gasteiger partial charge in [0.05, 0.1) is 24.0 Å². The zero-order valence-corrected chi connectivity index (χ0v) is 10.3. The van der Waals surface area contributed by atoms with E-state index in [0.717, 1.165) is 11.4 Å². The molecule has 0 fully saturated rings. The molecule has 1 heterocycles. The Hall–Kier alpha value is -2.03. The molecule has 0 bridgehead atoms. The number of carbonyl (C=O) groups excluding carboxylic acids is 1. The highest BCUT2D eigenvalue weighted by Crippen LogP contribution is 2.21. The van der Waals surface area contributed by atoms with Gasteiger partial charge >= 0.3 is 0 Å². The van der Waals surface area contributed by atoms with Gasteiger partial charge in [0.15, 0.2) is 0 Å². The first-order valence-corrected chi connectivity index (χ1v) is 5.45. The monoisotopic (exact) mass is 235 g/mol. The average molecular weight is 235 g/mol. The fourth-order valence-corrected chi connectivity index (χ4v) is 1.44. The molecule has 6 nitrogen and oxygen atoms in total. The predicted octanol–water partition coefficient (Wildman–Crippen LogP) is 0.595. The smallest absolute Gasteiger partial charge is 0.240 e. The molecule has 1 aromatic rings. The average Bonchev–Trinajstić information content (AvgIpc) is 2.65. The standard InChI is InChI=1S/C11H17N5O/c1-8(2)11-9(7-16(3)15-11)14-6-10(17)13-5-4-12/h7-8,14H,5-6H2,1-3H3,(H,13,17). The van der Waals surface area contributed by atoms with Gasteiger partial charge in [-0.25, -0.2) is 0 Å². The Balaban J connectivity index is 2.57. The summed E-state index contributed by atoms with van der Waals surface area (Å²) < 4.78 is 1.71. The summed E-state index contributed by atoms with van der Waals surface area (Å²) in [6.07, 6.45) is 1.84. The third-order valence-electron chi connectivity index (χ3n) is 2.21. The van der Waals surface area contributed by atoms with Crippen LogP contribution < -0.4 is 10.6 Å². The first kappa shape index (κ1) is 13.0. The van der Waals surface area contributed by atoms with Crippen molar-refractivity contribution >= 4 is 11.6 Å². The van der Waals surface area contributed by atoms with Crippen molar-refractivity contribution in [2.24, 2.45) is 7.05 Å². The normalized spacial score (nSPS) is 10.1. The molecule has 0 spiro atoms. The van der Waals surface area contributed by atoms with Gasteiger partial charge in [0.1, 0.15) is 6.54 Å². The SMILES string of the molecule is CC(C)c1nn(C)cc1NCC(=O)NCC#N. The Morgan fingerprint density at radius 2 is 2.35 bits per heavy atom. The highest BCUT2D eigenvalue weighted by molar-refractivity contribution is 5.81. The number of hydrogen-bond donors (Lipinski definition) is 2. The Morgan fingerprint density at radius 3 is 2.94 bits per heavy atom. The molecule has 2 N–H and O–H groups in total. The minimum absolute atomic E-state index is 0.0323. The van der Waals surface area contributed by atoms with Crippen LogP contribution in [0.4, 0.5) is 5.69 Å². The number of hydrogen-bond acceptors (Lipinski definition) is 4. The minimum Gasteiger partial charge on any atom is -0.373 e. The van der Waals surface area contributed by atoms with Crippen LogP contribution in [0.15, 0.2) is 6.20 Å². The molecule has 0 aromatic carbocycles. The zero-order valence-electron chi connectivity index (χ0n) is 10.3. The molecule has 1 aromatic heterocycles. The maximum Gasteiger partial charge on any atom is 0.240 e. The van der Waals surface area contributed by atoms with Crippen LogP contribution in [0.1, 0.15) is 25.5 Å². The molecule has 17 heavy (non-hydrogen) atoms. The largest absolute Gasteiger partial charge is 0.373 e. The fourth-order valence-electron chi connectivity index (χ4n) is 1.44. The molecule has 0 radical (unpaired) electrons. The Morgan fingerprint density at radius 1 is 1.65 bits per heavy atom. The van der Waals surface area contributed by atoms with Crippen molar-refractivity contribution in [3.63, 3.8) is 0 Å². The molecule has 0 saturated carbocycles. The molecular weight excluding hydrogens is 218 g/mol. The van der Waals surface area contributed by atoms with Gasteiger partial charge < -0.3 is 10.6 Å². The van der Waals surface area contributed by atoms with Crippen LogP contribution >= 0.6 is 0 Å². The molecule has 0 aliphatic rings. The number of nitrogens with zero attached hydrogens (tertiary/aromatic N) is 3. The zero-order chi connectivity index (χ0) is 12.8. The second-order valence-corrected chi connectivity index (χ2v) is 4.04.